The maximum Gasteiger partial charge on any atom is 0.244 e. The van der Waals surface area contributed by atoms with Crippen LogP contribution in [0.5, 0.6) is 0 Å². The molecular formula is C23H29BrN2O3S. The molecular weight excluding hydrogens is 464 g/mol. The van der Waals surface area contributed by atoms with E-state index in [2.05, 4.69) is 21.2 Å². The van der Waals surface area contributed by atoms with E-state index in [1.165, 1.54) is 4.31 Å². The van der Waals surface area contributed by atoms with Crippen molar-refractivity contribution in [3.05, 3.63) is 57.6 Å². The number of benzene rings is 2. The van der Waals surface area contributed by atoms with Gasteiger partial charge in [0.2, 0.25) is 15.9 Å². The fourth-order valence-corrected chi connectivity index (χ4v) is 6.83. The topological polar surface area (TPSA) is 66.5 Å². The summed E-state index contributed by atoms with van der Waals surface area (Å²) in [7, 11) is -3.81. The first-order valence-electron chi connectivity index (χ1n) is 10.3. The summed E-state index contributed by atoms with van der Waals surface area (Å²) in [6.45, 7) is 5.42. The number of sulfonamides is 1. The number of halogens is 1. The van der Waals surface area contributed by atoms with Gasteiger partial charge in [-0.1, -0.05) is 59.0 Å². The van der Waals surface area contributed by atoms with Crippen LogP contribution in [0.1, 0.15) is 48.8 Å². The largest absolute Gasteiger partial charge is 0.325 e. The van der Waals surface area contributed by atoms with Gasteiger partial charge >= 0.3 is 0 Å². The lowest BCUT2D eigenvalue weighted by Crippen LogP contribution is -2.46. The summed E-state index contributed by atoms with van der Waals surface area (Å²) in [5.74, 6) is -0.329. The monoisotopic (exact) mass is 492 g/mol. The zero-order chi connectivity index (χ0) is 21.9. The van der Waals surface area contributed by atoms with Crippen LogP contribution >= 0.6 is 15.9 Å². The zero-order valence-electron chi connectivity index (χ0n) is 17.7. The summed E-state index contributed by atoms with van der Waals surface area (Å²) >= 11 is 3.39. The molecule has 0 bridgehead atoms. The Morgan fingerprint density at radius 1 is 1.07 bits per heavy atom. The average molecular weight is 493 g/mol. The molecule has 0 aromatic heterocycles. The van der Waals surface area contributed by atoms with Crippen molar-refractivity contribution in [1.82, 2.24) is 4.31 Å². The molecule has 5 nitrogen and oxygen atoms in total. The lowest BCUT2D eigenvalue weighted by atomic mass is 9.95. The van der Waals surface area contributed by atoms with E-state index in [0.29, 0.717) is 10.6 Å². The Labute approximate surface area is 188 Å². The Bertz CT molecular complexity index is 1010. The standard InChI is InChI=1S/C23H29BrN2O3S/c1-16-12-17(2)23(18(3)13-16)30(28,29)26(21-10-5-4-6-11-21)15-22(27)25-20-9-7-8-19(24)14-20/h7-9,12-14,21H,4-6,10-11,15H2,1-3H3,(H,25,27). The van der Waals surface area contributed by atoms with E-state index in [-0.39, 0.29) is 18.5 Å². The Hall–Kier alpha value is -1.70. The predicted molar refractivity (Wildman–Crippen MR) is 124 cm³/mol. The highest BCUT2D eigenvalue weighted by atomic mass is 79.9. The number of carbonyl (C=O) groups is 1. The van der Waals surface area contributed by atoms with Crippen molar-refractivity contribution in [3.63, 3.8) is 0 Å². The van der Waals surface area contributed by atoms with E-state index in [1.807, 2.05) is 45.0 Å². The number of hydrogen-bond acceptors (Lipinski definition) is 3. The first-order valence-corrected chi connectivity index (χ1v) is 12.6. The lowest BCUT2D eigenvalue weighted by molar-refractivity contribution is -0.116. The molecule has 2 aromatic rings. The average Bonchev–Trinajstić information content (AvgIpc) is 2.65. The molecule has 30 heavy (non-hydrogen) atoms. The molecule has 1 aliphatic rings. The molecule has 1 aliphatic carbocycles. The highest BCUT2D eigenvalue weighted by Gasteiger charge is 2.35. The summed E-state index contributed by atoms with van der Waals surface area (Å²) in [6.07, 6.45) is 4.64. The van der Waals surface area contributed by atoms with Crippen LogP contribution in [0.25, 0.3) is 0 Å². The van der Waals surface area contributed by atoms with Crippen molar-refractivity contribution in [1.29, 1.82) is 0 Å². The van der Waals surface area contributed by atoms with E-state index in [9.17, 15) is 13.2 Å². The SMILES string of the molecule is Cc1cc(C)c(S(=O)(=O)N(CC(=O)Nc2cccc(Br)c2)C2CCCCC2)c(C)c1. The van der Waals surface area contributed by atoms with Crippen LogP contribution in [0.2, 0.25) is 0 Å². The van der Waals surface area contributed by atoms with Gasteiger partial charge in [0.25, 0.3) is 0 Å². The van der Waals surface area contributed by atoms with E-state index in [4.69, 9.17) is 0 Å². The molecule has 0 unspecified atom stereocenters. The van der Waals surface area contributed by atoms with Crippen molar-refractivity contribution in [2.45, 2.75) is 63.8 Å². The van der Waals surface area contributed by atoms with Gasteiger partial charge in [0.15, 0.2) is 0 Å². The highest BCUT2D eigenvalue weighted by molar-refractivity contribution is 9.10. The lowest BCUT2D eigenvalue weighted by Gasteiger charge is -2.33. The van der Waals surface area contributed by atoms with Crippen LogP contribution in [-0.2, 0) is 14.8 Å². The second-order valence-electron chi connectivity index (χ2n) is 8.13. The number of amides is 1. The molecule has 1 saturated carbocycles. The molecule has 3 rings (SSSR count). The number of hydrogen-bond donors (Lipinski definition) is 1. The summed E-state index contributed by atoms with van der Waals surface area (Å²) in [4.78, 5) is 13.2. The molecule has 7 heteroatoms. The van der Waals surface area contributed by atoms with E-state index < -0.39 is 10.0 Å². The maximum atomic E-state index is 13.8. The Balaban J connectivity index is 1.93. The van der Waals surface area contributed by atoms with Crippen LogP contribution in [0.4, 0.5) is 5.69 Å². The van der Waals surface area contributed by atoms with Crippen molar-refractivity contribution in [2.24, 2.45) is 0 Å². The molecule has 0 saturated heterocycles. The molecule has 1 amide bonds. The van der Waals surface area contributed by atoms with Crippen LogP contribution in [-0.4, -0.2) is 31.2 Å². The molecule has 0 spiro atoms. The van der Waals surface area contributed by atoms with Crippen LogP contribution in [0, 0.1) is 20.8 Å². The molecule has 1 N–H and O–H groups in total. The van der Waals surface area contributed by atoms with Gasteiger partial charge in [-0.3, -0.25) is 4.79 Å². The summed E-state index contributed by atoms with van der Waals surface area (Å²) in [6, 6.07) is 10.9. The number of anilines is 1. The molecule has 0 radical (unpaired) electrons. The Morgan fingerprint density at radius 2 is 1.70 bits per heavy atom. The number of nitrogens with zero attached hydrogens (tertiary/aromatic N) is 1. The summed E-state index contributed by atoms with van der Waals surface area (Å²) in [5, 5.41) is 2.84. The van der Waals surface area contributed by atoms with E-state index in [0.717, 1.165) is 53.3 Å². The second-order valence-corrected chi connectivity index (χ2v) is 10.9. The summed E-state index contributed by atoms with van der Waals surface area (Å²) in [5.41, 5.74) is 3.11. The minimum atomic E-state index is -3.81. The zero-order valence-corrected chi connectivity index (χ0v) is 20.1. The van der Waals surface area contributed by atoms with Gasteiger partial charge < -0.3 is 5.32 Å². The van der Waals surface area contributed by atoms with Gasteiger partial charge in [-0.15, -0.1) is 0 Å². The maximum absolute atomic E-state index is 13.8. The van der Waals surface area contributed by atoms with Crippen molar-refractivity contribution in [2.75, 3.05) is 11.9 Å². The first-order chi connectivity index (χ1) is 14.2. The van der Waals surface area contributed by atoms with Gasteiger partial charge in [0, 0.05) is 16.2 Å². The molecule has 0 aliphatic heterocycles. The van der Waals surface area contributed by atoms with Crippen LogP contribution < -0.4 is 5.32 Å². The molecule has 0 heterocycles. The van der Waals surface area contributed by atoms with Gasteiger partial charge in [-0.05, 0) is 62.9 Å². The van der Waals surface area contributed by atoms with Gasteiger partial charge in [-0.2, -0.15) is 4.31 Å². The predicted octanol–water partition coefficient (Wildman–Crippen LogP) is 5.34. The fraction of sp³-hybridized carbons (Fsp3) is 0.435. The summed E-state index contributed by atoms with van der Waals surface area (Å²) < 4.78 is 29.8. The number of carbonyl (C=O) groups excluding carboxylic acids is 1. The smallest absolute Gasteiger partial charge is 0.244 e. The Morgan fingerprint density at radius 3 is 2.30 bits per heavy atom. The fourth-order valence-electron chi connectivity index (χ4n) is 4.38. The molecule has 0 atom stereocenters. The first kappa shape index (κ1) is 23.0. The quantitative estimate of drug-likeness (QED) is 0.591. The molecule has 162 valence electrons. The number of nitrogens with one attached hydrogen (secondary N) is 1. The minimum Gasteiger partial charge on any atom is -0.325 e. The Kier molecular flexibility index (Phi) is 7.37. The highest BCUT2D eigenvalue weighted by Crippen LogP contribution is 2.31. The van der Waals surface area contributed by atoms with Crippen molar-refractivity contribution < 1.29 is 13.2 Å². The second kappa shape index (κ2) is 9.62. The number of aryl methyl sites for hydroxylation is 3. The van der Waals surface area contributed by atoms with Gasteiger partial charge in [0.05, 0.1) is 11.4 Å². The van der Waals surface area contributed by atoms with E-state index in [1.54, 1.807) is 12.1 Å². The third-order valence-corrected chi connectivity index (χ3v) is 8.26. The minimum absolute atomic E-state index is 0.155. The van der Waals surface area contributed by atoms with Crippen molar-refractivity contribution in [3.8, 4) is 0 Å². The third-order valence-electron chi connectivity index (χ3n) is 5.56. The molecule has 1 fully saturated rings. The van der Waals surface area contributed by atoms with E-state index >= 15 is 0 Å². The number of rotatable bonds is 6. The van der Waals surface area contributed by atoms with Crippen LogP contribution in [0.3, 0.4) is 0 Å². The third kappa shape index (κ3) is 5.31. The molecule has 2 aromatic carbocycles. The normalized spacial score (nSPS) is 15.4. The van der Waals surface area contributed by atoms with Gasteiger partial charge in [-0.25, -0.2) is 8.42 Å². The van der Waals surface area contributed by atoms with Crippen molar-refractivity contribution >= 4 is 37.5 Å². The van der Waals surface area contributed by atoms with Crippen LogP contribution in [0.15, 0.2) is 45.8 Å². The van der Waals surface area contributed by atoms with Gasteiger partial charge in [0.1, 0.15) is 0 Å².